The van der Waals surface area contributed by atoms with E-state index in [0.717, 1.165) is 0 Å². The second kappa shape index (κ2) is 6.75. The molecule has 1 heterocycles. The molecule has 100 valence electrons. The largest absolute Gasteiger partial charge is 0.480 e. The normalized spacial score (nSPS) is 12.1. The van der Waals surface area contributed by atoms with Gasteiger partial charge in [-0.1, -0.05) is 13.3 Å². The van der Waals surface area contributed by atoms with Crippen LogP contribution in [0.4, 0.5) is 0 Å². The molecule has 4 N–H and O–H groups in total. The van der Waals surface area contributed by atoms with Gasteiger partial charge in [-0.05, 0) is 6.42 Å². The van der Waals surface area contributed by atoms with Crippen LogP contribution in [0.3, 0.4) is 0 Å². The highest BCUT2D eigenvalue weighted by molar-refractivity contribution is 5.94. The van der Waals surface area contributed by atoms with Gasteiger partial charge < -0.3 is 20.7 Å². The standard InChI is InChI=1S/C11H18N4O3/c1-2-3-8(11(17)18)14-10(16)9-6-15(5-4-12)7-13-9/h6-8H,2-5,12H2,1H3,(H,14,16)(H,17,18)/t8-/m1/s1. The summed E-state index contributed by atoms with van der Waals surface area (Å²) >= 11 is 0. The minimum atomic E-state index is -1.04. The van der Waals surface area contributed by atoms with Crippen molar-refractivity contribution in [1.29, 1.82) is 0 Å². The van der Waals surface area contributed by atoms with E-state index in [1.54, 1.807) is 10.8 Å². The third-order valence-corrected chi connectivity index (χ3v) is 2.43. The maximum atomic E-state index is 11.8. The fourth-order valence-electron chi connectivity index (χ4n) is 1.53. The first-order chi connectivity index (χ1) is 8.58. The van der Waals surface area contributed by atoms with E-state index in [1.165, 1.54) is 6.33 Å². The lowest BCUT2D eigenvalue weighted by Gasteiger charge is -2.12. The number of hydrogen-bond donors (Lipinski definition) is 3. The number of nitrogens with zero attached hydrogens (tertiary/aromatic N) is 2. The Morgan fingerprint density at radius 3 is 2.89 bits per heavy atom. The summed E-state index contributed by atoms with van der Waals surface area (Å²) in [5.74, 6) is -1.52. The molecule has 0 bridgehead atoms. The molecule has 0 saturated carbocycles. The van der Waals surface area contributed by atoms with E-state index in [9.17, 15) is 9.59 Å². The van der Waals surface area contributed by atoms with Crippen LogP contribution in [0.1, 0.15) is 30.3 Å². The van der Waals surface area contributed by atoms with Crippen molar-refractivity contribution < 1.29 is 14.7 Å². The number of carbonyl (C=O) groups is 2. The molecule has 0 aliphatic carbocycles. The number of carboxylic acids is 1. The SMILES string of the molecule is CCC[C@@H](NC(=O)c1cn(CCN)cn1)C(=O)O. The van der Waals surface area contributed by atoms with E-state index in [2.05, 4.69) is 10.3 Å². The Labute approximate surface area is 105 Å². The molecule has 0 saturated heterocycles. The number of aromatic nitrogens is 2. The molecule has 0 fully saturated rings. The molecule has 7 nitrogen and oxygen atoms in total. The van der Waals surface area contributed by atoms with Gasteiger partial charge in [-0.3, -0.25) is 4.79 Å². The van der Waals surface area contributed by atoms with Gasteiger partial charge in [0, 0.05) is 19.3 Å². The monoisotopic (exact) mass is 254 g/mol. The number of rotatable bonds is 7. The fourth-order valence-corrected chi connectivity index (χ4v) is 1.53. The third kappa shape index (κ3) is 3.85. The van der Waals surface area contributed by atoms with Crippen LogP contribution in [0, 0.1) is 0 Å². The summed E-state index contributed by atoms with van der Waals surface area (Å²) in [5.41, 5.74) is 5.58. The van der Waals surface area contributed by atoms with Gasteiger partial charge in [0.1, 0.15) is 11.7 Å². The van der Waals surface area contributed by atoms with Crippen LogP contribution in [-0.2, 0) is 11.3 Å². The average molecular weight is 254 g/mol. The summed E-state index contributed by atoms with van der Waals surface area (Å²) in [5, 5.41) is 11.4. The Hall–Kier alpha value is -1.89. The van der Waals surface area contributed by atoms with Crippen molar-refractivity contribution in [1.82, 2.24) is 14.9 Å². The molecule has 0 radical (unpaired) electrons. The number of hydrogen-bond acceptors (Lipinski definition) is 4. The number of aliphatic carboxylic acids is 1. The predicted molar refractivity (Wildman–Crippen MR) is 65.1 cm³/mol. The van der Waals surface area contributed by atoms with E-state index in [1.807, 2.05) is 6.92 Å². The Balaban J connectivity index is 2.64. The number of imidazole rings is 1. The lowest BCUT2D eigenvalue weighted by molar-refractivity contribution is -0.139. The van der Waals surface area contributed by atoms with Crippen LogP contribution in [0.5, 0.6) is 0 Å². The number of carboxylic acid groups (broad SMARTS) is 1. The molecule has 1 amide bonds. The van der Waals surface area contributed by atoms with Crippen LogP contribution in [0.15, 0.2) is 12.5 Å². The Morgan fingerprint density at radius 2 is 2.33 bits per heavy atom. The van der Waals surface area contributed by atoms with Crippen LogP contribution < -0.4 is 11.1 Å². The van der Waals surface area contributed by atoms with Crippen LogP contribution in [-0.4, -0.2) is 39.1 Å². The van der Waals surface area contributed by atoms with Gasteiger partial charge in [-0.15, -0.1) is 0 Å². The molecule has 0 aliphatic rings. The highest BCUT2D eigenvalue weighted by Crippen LogP contribution is 2.01. The first-order valence-corrected chi connectivity index (χ1v) is 5.84. The maximum Gasteiger partial charge on any atom is 0.326 e. The fraction of sp³-hybridized carbons (Fsp3) is 0.545. The highest BCUT2D eigenvalue weighted by atomic mass is 16.4. The highest BCUT2D eigenvalue weighted by Gasteiger charge is 2.20. The van der Waals surface area contributed by atoms with Crippen molar-refractivity contribution in [3.8, 4) is 0 Å². The number of amides is 1. The van der Waals surface area contributed by atoms with Crippen molar-refractivity contribution in [2.75, 3.05) is 6.54 Å². The maximum absolute atomic E-state index is 11.8. The molecule has 1 aromatic rings. The minimum Gasteiger partial charge on any atom is -0.480 e. The quantitative estimate of drug-likeness (QED) is 0.625. The van der Waals surface area contributed by atoms with Gasteiger partial charge in [-0.2, -0.15) is 0 Å². The Morgan fingerprint density at radius 1 is 1.61 bits per heavy atom. The molecule has 1 rings (SSSR count). The summed E-state index contributed by atoms with van der Waals surface area (Å²) in [7, 11) is 0. The van der Waals surface area contributed by atoms with Gasteiger partial charge in [0.05, 0.1) is 6.33 Å². The predicted octanol–water partition coefficient (Wildman–Crippen LogP) is -0.175. The van der Waals surface area contributed by atoms with E-state index < -0.39 is 17.9 Å². The van der Waals surface area contributed by atoms with Crippen LogP contribution in [0.2, 0.25) is 0 Å². The lowest BCUT2D eigenvalue weighted by Crippen LogP contribution is -2.40. The van der Waals surface area contributed by atoms with Gasteiger partial charge in [0.25, 0.3) is 5.91 Å². The molecule has 0 aliphatic heterocycles. The van der Waals surface area contributed by atoms with Gasteiger partial charge in [-0.25, -0.2) is 9.78 Å². The molecule has 0 unspecified atom stereocenters. The van der Waals surface area contributed by atoms with Gasteiger partial charge >= 0.3 is 5.97 Å². The zero-order valence-corrected chi connectivity index (χ0v) is 10.3. The van der Waals surface area contributed by atoms with Crippen LogP contribution >= 0.6 is 0 Å². The first-order valence-electron chi connectivity index (χ1n) is 5.84. The van der Waals surface area contributed by atoms with E-state index in [-0.39, 0.29) is 5.69 Å². The summed E-state index contributed by atoms with van der Waals surface area (Å²) < 4.78 is 1.69. The first kappa shape index (κ1) is 14.2. The second-order valence-corrected chi connectivity index (χ2v) is 3.94. The lowest BCUT2D eigenvalue weighted by atomic mass is 10.1. The van der Waals surface area contributed by atoms with Gasteiger partial charge in [0.2, 0.25) is 0 Å². The molecule has 1 atom stereocenters. The average Bonchev–Trinajstić information content (AvgIpc) is 2.77. The Kier molecular flexibility index (Phi) is 5.31. The van der Waals surface area contributed by atoms with Crippen molar-refractivity contribution in [2.45, 2.75) is 32.4 Å². The van der Waals surface area contributed by atoms with E-state index in [4.69, 9.17) is 10.8 Å². The van der Waals surface area contributed by atoms with Crippen molar-refractivity contribution in [2.24, 2.45) is 5.73 Å². The molecule has 1 aromatic heterocycles. The summed E-state index contributed by atoms with van der Waals surface area (Å²) in [6.45, 7) is 2.88. The minimum absolute atomic E-state index is 0.200. The molecule has 0 aromatic carbocycles. The second-order valence-electron chi connectivity index (χ2n) is 3.94. The Bertz CT molecular complexity index is 416. The van der Waals surface area contributed by atoms with Gasteiger partial charge in [0.15, 0.2) is 0 Å². The molecule has 0 spiro atoms. The molecular formula is C11H18N4O3. The number of nitrogens with two attached hydrogens (primary N) is 1. The summed E-state index contributed by atoms with van der Waals surface area (Å²) in [6.07, 6.45) is 4.12. The zero-order valence-electron chi connectivity index (χ0n) is 10.3. The topological polar surface area (TPSA) is 110 Å². The van der Waals surface area contributed by atoms with Crippen molar-refractivity contribution >= 4 is 11.9 Å². The van der Waals surface area contributed by atoms with Crippen molar-refractivity contribution in [3.63, 3.8) is 0 Å². The zero-order chi connectivity index (χ0) is 13.5. The molecule has 18 heavy (non-hydrogen) atoms. The van der Waals surface area contributed by atoms with E-state index in [0.29, 0.717) is 25.9 Å². The number of nitrogens with one attached hydrogen (secondary N) is 1. The number of carbonyl (C=O) groups excluding carboxylic acids is 1. The third-order valence-electron chi connectivity index (χ3n) is 2.43. The molecular weight excluding hydrogens is 236 g/mol. The summed E-state index contributed by atoms with van der Waals surface area (Å²) in [6, 6.07) is -0.873. The van der Waals surface area contributed by atoms with Crippen LogP contribution in [0.25, 0.3) is 0 Å². The molecule has 7 heteroatoms. The van der Waals surface area contributed by atoms with E-state index >= 15 is 0 Å². The summed E-state index contributed by atoms with van der Waals surface area (Å²) in [4.78, 5) is 26.6. The smallest absolute Gasteiger partial charge is 0.326 e. The van der Waals surface area contributed by atoms with Crippen molar-refractivity contribution in [3.05, 3.63) is 18.2 Å².